The number of anilines is 3. The van der Waals surface area contributed by atoms with Crippen LogP contribution < -0.4 is 27.4 Å². The van der Waals surface area contributed by atoms with E-state index in [2.05, 4.69) is 20.2 Å². The summed E-state index contributed by atoms with van der Waals surface area (Å²) in [6.07, 6.45) is 9.62. The van der Waals surface area contributed by atoms with Crippen LogP contribution in [-0.4, -0.2) is 40.8 Å². The summed E-state index contributed by atoms with van der Waals surface area (Å²) in [6.45, 7) is 1.46. The molecular weight excluding hydrogens is 404 g/mol. The average molecular weight is 433 g/mol. The van der Waals surface area contributed by atoms with Gasteiger partial charge in [0, 0.05) is 47.6 Å². The first-order chi connectivity index (χ1) is 15.4. The summed E-state index contributed by atoms with van der Waals surface area (Å²) in [5, 5.41) is 10.7. The standard InChI is InChI=1S/C23H28N8O/c24-18-11-15(8-9-17(18)21(25)26)19-12-20(30-23(27)29-19)31-10-4-7-16(13-31)28-22(32)14-5-2-1-3-6-14/h2,5-6,8-9,11-12,16H,1,3-4,7,10,13,24H2,(H3,25,26)(H,28,32)(H2,27,29,30). The molecule has 1 fully saturated rings. The van der Waals surface area contributed by atoms with Crippen LogP contribution in [0.25, 0.3) is 11.3 Å². The van der Waals surface area contributed by atoms with Gasteiger partial charge < -0.3 is 27.4 Å². The molecule has 1 amide bonds. The first-order valence-electron chi connectivity index (χ1n) is 10.7. The minimum Gasteiger partial charge on any atom is -0.398 e. The number of rotatable bonds is 5. The minimum absolute atomic E-state index is 0.0256. The number of piperidine rings is 1. The maximum atomic E-state index is 12.6. The van der Waals surface area contributed by atoms with Gasteiger partial charge in [-0.05, 0) is 37.8 Å². The Morgan fingerprint density at radius 2 is 2.03 bits per heavy atom. The molecule has 1 aromatic carbocycles. The van der Waals surface area contributed by atoms with Crippen molar-refractivity contribution in [2.75, 3.05) is 29.5 Å². The smallest absolute Gasteiger partial charge is 0.251 e. The Kier molecular flexibility index (Phi) is 6.07. The van der Waals surface area contributed by atoms with Crippen LogP contribution in [0.1, 0.15) is 31.2 Å². The van der Waals surface area contributed by atoms with Gasteiger partial charge in [-0.2, -0.15) is 4.98 Å². The molecule has 2 heterocycles. The number of carbonyl (C=O) groups is 1. The van der Waals surface area contributed by atoms with Crippen LogP contribution in [0.3, 0.4) is 0 Å². The molecule has 0 bridgehead atoms. The third-order valence-electron chi connectivity index (χ3n) is 5.71. The van der Waals surface area contributed by atoms with Crippen LogP contribution in [0.15, 0.2) is 48.1 Å². The fourth-order valence-corrected chi connectivity index (χ4v) is 4.08. The van der Waals surface area contributed by atoms with Gasteiger partial charge in [0.2, 0.25) is 5.95 Å². The zero-order valence-electron chi connectivity index (χ0n) is 17.8. The van der Waals surface area contributed by atoms with Crippen LogP contribution in [0.5, 0.6) is 0 Å². The van der Waals surface area contributed by atoms with E-state index in [1.54, 1.807) is 12.1 Å². The first-order valence-corrected chi connectivity index (χ1v) is 10.7. The van der Waals surface area contributed by atoms with Gasteiger partial charge in [-0.15, -0.1) is 0 Å². The summed E-state index contributed by atoms with van der Waals surface area (Å²) in [4.78, 5) is 23.5. The Balaban J connectivity index is 1.52. The number of nitrogens with one attached hydrogen (secondary N) is 2. The number of aromatic nitrogens is 2. The van der Waals surface area contributed by atoms with Crippen molar-refractivity contribution in [1.82, 2.24) is 15.3 Å². The third kappa shape index (κ3) is 4.72. The monoisotopic (exact) mass is 432 g/mol. The molecule has 1 aromatic heterocycles. The van der Waals surface area contributed by atoms with Crippen LogP contribution in [-0.2, 0) is 4.79 Å². The lowest BCUT2D eigenvalue weighted by atomic mass is 10.0. The highest BCUT2D eigenvalue weighted by molar-refractivity contribution is 6.00. The molecule has 0 radical (unpaired) electrons. The molecule has 9 nitrogen and oxygen atoms in total. The van der Waals surface area contributed by atoms with Gasteiger partial charge in [0.1, 0.15) is 11.7 Å². The van der Waals surface area contributed by atoms with Gasteiger partial charge in [0.25, 0.3) is 5.91 Å². The zero-order valence-corrected chi connectivity index (χ0v) is 17.8. The molecule has 166 valence electrons. The number of amides is 1. The number of hydrogen-bond acceptors (Lipinski definition) is 7. The maximum Gasteiger partial charge on any atom is 0.251 e. The highest BCUT2D eigenvalue weighted by atomic mass is 16.1. The molecule has 4 rings (SSSR count). The van der Waals surface area contributed by atoms with Gasteiger partial charge in [-0.25, -0.2) is 4.98 Å². The molecule has 9 heteroatoms. The average Bonchev–Trinajstić information content (AvgIpc) is 2.79. The second kappa shape index (κ2) is 9.09. The van der Waals surface area contributed by atoms with E-state index in [1.807, 2.05) is 30.4 Å². The molecule has 1 aliphatic heterocycles. The van der Waals surface area contributed by atoms with E-state index in [9.17, 15) is 4.79 Å². The minimum atomic E-state index is -0.0853. The largest absolute Gasteiger partial charge is 0.398 e. The number of amidine groups is 1. The lowest BCUT2D eigenvalue weighted by molar-refractivity contribution is -0.117. The predicted molar refractivity (Wildman–Crippen MR) is 127 cm³/mol. The molecule has 1 aliphatic carbocycles. The normalized spacial score (nSPS) is 18.2. The van der Waals surface area contributed by atoms with Crippen molar-refractivity contribution >= 4 is 29.2 Å². The Morgan fingerprint density at radius 1 is 1.19 bits per heavy atom. The van der Waals surface area contributed by atoms with Crippen LogP contribution in [0.4, 0.5) is 17.5 Å². The fourth-order valence-electron chi connectivity index (χ4n) is 4.08. The number of nitrogen functional groups attached to an aromatic ring is 3. The van der Waals surface area contributed by atoms with Crippen LogP contribution in [0, 0.1) is 5.41 Å². The van der Waals surface area contributed by atoms with Crippen molar-refractivity contribution in [2.45, 2.75) is 31.7 Å². The SMILES string of the molecule is N=C(N)c1ccc(-c2cc(N3CCCC(NC(=O)C4=CCCC=C4)C3)nc(N)n2)cc1N. The number of hydrogen-bond donors (Lipinski definition) is 5. The molecule has 2 aromatic rings. The number of benzene rings is 1. The van der Waals surface area contributed by atoms with Crippen molar-refractivity contribution in [3.63, 3.8) is 0 Å². The Bertz CT molecular complexity index is 1110. The van der Waals surface area contributed by atoms with E-state index < -0.39 is 0 Å². The lowest BCUT2D eigenvalue weighted by Crippen LogP contribution is -2.48. The summed E-state index contributed by atoms with van der Waals surface area (Å²) in [6, 6.07) is 7.13. The molecule has 32 heavy (non-hydrogen) atoms. The van der Waals surface area contributed by atoms with E-state index in [0.717, 1.165) is 43.4 Å². The summed E-state index contributed by atoms with van der Waals surface area (Å²) in [7, 11) is 0. The highest BCUT2D eigenvalue weighted by Gasteiger charge is 2.24. The van der Waals surface area contributed by atoms with Crippen molar-refractivity contribution in [3.8, 4) is 11.3 Å². The molecule has 0 spiro atoms. The summed E-state index contributed by atoms with van der Waals surface area (Å²) >= 11 is 0. The molecule has 8 N–H and O–H groups in total. The Morgan fingerprint density at radius 3 is 2.75 bits per heavy atom. The van der Waals surface area contributed by atoms with E-state index in [4.69, 9.17) is 22.6 Å². The molecule has 1 unspecified atom stereocenters. The molecule has 2 aliphatic rings. The van der Waals surface area contributed by atoms with Crippen molar-refractivity contribution in [2.24, 2.45) is 5.73 Å². The van der Waals surface area contributed by atoms with Gasteiger partial charge in [0.05, 0.1) is 5.69 Å². The second-order valence-electron chi connectivity index (χ2n) is 8.08. The maximum absolute atomic E-state index is 12.6. The number of nitrogens with zero attached hydrogens (tertiary/aromatic N) is 3. The summed E-state index contributed by atoms with van der Waals surface area (Å²) in [5.74, 6) is 0.752. The molecule has 1 atom stereocenters. The van der Waals surface area contributed by atoms with E-state index in [1.165, 1.54) is 0 Å². The predicted octanol–water partition coefficient (Wildman–Crippen LogP) is 1.95. The molecule has 0 saturated carbocycles. The number of carbonyl (C=O) groups excluding carboxylic acids is 1. The Hall–Kier alpha value is -3.88. The molecule has 1 saturated heterocycles. The fraction of sp³-hybridized carbons (Fsp3) is 0.304. The quantitative estimate of drug-likeness (QED) is 0.274. The van der Waals surface area contributed by atoms with Gasteiger partial charge >= 0.3 is 0 Å². The van der Waals surface area contributed by atoms with Gasteiger partial charge in [-0.1, -0.05) is 24.3 Å². The Labute approximate surface area is 186 Å². The highest BCUT2D eigenvalue weighted by Crippen LogP contribution is 2.27. The van der Waals surface area contributed by atoms with Gasteiger partial charge in [-0.3, -0.25) is 10.2 Å². The summed E-state index contributed by atoms with van der Waals surface area (Å²) < 4.78 is 0. The van der Waals surface area contributed by atoms with Crippen LogP contribution in [0.2, 0.25) is 0 Å². The van der Waals surface area contributed by atoms with E-state index >= 15 is 0 Å². The zero-order chi connectivity index (χ0) is 22.7. The summed E-state index contributed by atoms with van der Waals surface area (Å²) in [5.41, 5.74) is 20.6. The van der Waals surface area contributed by atoms with Crippen molar-refractivity contribution < 1.29 is 4.79 Å². The first kappa shape index (κ1) is 21.4. The lowest BCUT2D eigenvalue weighted by Gasteiger charge is -2.34. The molecular formula is C23H28N8O. The second-order valence-corrected chi connectivity index (χ2v) is 8.08. The number of nitrogens with two attached hydrogens (primary N) is 3. The van der Waals surface area contributed by atoms with Crippen LogP contribution >= 0.6 is 0 Å². The van der Waals surface area contributed by atoms with Gasteiger partial charge in [0.15, 0.2) is 0 Å². The third-order valence-corrected chi connectivity index (χ3v) is 5.71. The van der Waals surface area contributed by atoms with Crippen molar-refractivity contribution in [3.05, 3.63) is 53.6 Å². The number of allylic oxidation sites excluding steroid dienone is 2. The van der Waals surface area contributed by atoms with Crippen molar-refractivity contribution in [1.29, 1.82) is 5.41 Å². The van der Waals surface area contributed by atoms with E-state index in [-0.39, 0.29) is 23.7 Å². The topological polar surface area (TPSA) is 160 Å². The van der Waals surface area contributed by atoms with E-state index in [0.29, 0.717) is 29.3 Å².